The number of benzene rings is 1. The van der Waals surface area contributed by atoms with Gasteiger partial charge < -0.3 is 14.3 Å². The standard InChI is InChI=1S/C12H12N2O4/c1-16-11-4-2-10(3-5-11)8-14-18-9-12(15)17-7-6-13/h2-5,8H,7,9H2,1H3/b14-8-. The van der Waals surface area contributed by atoms with Crippen molar-refractivity contribution in [2.24, 2.45) is 5.16 Å². The van der Waals surface area contributed by atoms with Crippen LogP contribution in [-0.4, -0.2) is 32.5 Å². The van der Waals surface area contributed by atoms with Crippen LogP contribution in [0.3, 0.4) is 0 Å². The molecule has 0 saturated carbocycles. The maximum atomic E-state index is 10.9. The van der Waals surface area contributed by atoms with Crippen molar-refractivity contribution in [2.75, 3.05) is 20.3 Å². The predicted molar refractivity (Wildman–Crippen MR) is 63.1 cm³/mol. The van der Waals surface area contributed by atoms with Gasteiger partial charge in [0.15, 0.2) is 6.61 Å². The van der Waals surface area contributed by atoms with Crippen molar-refractivity contribution in [1.82, 2.24) is 0 Å². The van der Waals surface area contributed by atoms with E-state index in [0.29, 0.717) is 0 Å². The van der Waals surface area contributed by atoms with Gasteiger partial charge in [-0.3, -0.25) is 0 Å². The first-order valence-electron chi connectivity index (χ1n) is 5.08. The van der Waals surface area contributed by atoms with E-state index in [-0.39, 0.29) is 13.2 Å². The van der Waals surface area contributed by atoms with Crippen LogP contribution in [0.15, 0.2) is 29.4 Å². The summed E-state index contributed by atoms with van der Waals surface area (Å²) in [7, 11) is 1.58. The molecule has 0 bridgehead atoms. The summed E-state index contributed by atoms with van der Waals surface area (Å²) in [5.74, 6) is 0.108. The molecule has 1 aromatic rings. The summed E-state index contributed by atoms with van der Waals surface area (Å²) in [6, 6.07) is 8.82. The fraction of sp³-hybridized carbons (Fsp3) is 0.250. The molecule has 0 aliphatic carbocycles. The van der Waals surface area contributed by atoms with Crippen molar-refractivity contribution in [3.05, 3.63) is 29.8 Å². The molecule has 0 radical (unpaired) electrons. The summed E-state index contributed by atoms with van der Waals surface area (Å²) in [6.07, 6.45) is 1.46. The Kier molecular flexibility index (Phi) is 5.77. The highest BCUT2D eigenvalue weighted by molar-refractivity contribution is 5.79. The molecule has 0 unspecified atom stereocenters. The Hall–Kier alpha value is -2.55. The van der Waals surface area contributed by atoms with Gasteiger partial charge in [0.25, 0.3) is 0 Å². The van der Waals surface area contributed by atoms with Crippen LogP contribution in [0.25, 0.3) is 0 Å². The Morgan fingerprint density at radius 1 is 1.44 bits per heavy atom. The number of rotatable bonds is 6. The number of carbonyl (C=O) groups is 1. The summed E-state index contributed by atoms with van der Waals surface area (Å²) in [6.45, 7) is -0.612. The van der Waals surface area contributed by atoms with Crippen LogP contribution >= 0.6 is 0 Å². The molecule has 18 heavy (non-hydrogen) atoms. The molecule has 0 aliphatic rings. The van der Waals surface area contributed by atoms with Crippen LogP contribution < -0.4 is 4.74 Å². The molecule has 6 heteroatoms. The van der Waals surface area contributed by atoms with Crippen LogP contribution in [0.2, 0.25) is 0 Å². The van der Waals surface area contributed by atoms with E-state index in [1.807, 2.05) is 0 Å². The summed E-state index contributed by atoms with van der Waals surface area (Å²) in [5.41, 5.74) is 0.807. The zero-order valence-electron chi connectivity index (χ0n) is 9.83. The van der Waals surface area contributed by atoms with Gasteiger partial charge in [-0.05, 0) is 29.8 Å². The Bertz CT molecular complexity index is 448. The highest BCUT2D eigenvalue weighted by Gasteiger charge is 2.01. The molecule has 0 fully saturated rings. The molecule has 0 saturated heterocycles. The van der Waals surface area contributed by atoms with E-state index in [2.05, 4.69) is 9.89 Å². The van der Waals surface area contributed by atoms with Gasteiger partial charge in [-0.25, -0.2) is 4.79 Å². The smallest absolute Gasteiger partial charge is 0.348 e. The third kappa shape index (κ3) is 4.99. The largest absolute Gasteiger partial charge is 0.497 e. The molecule has 6 nitrogen and oxygen atoms in total. The predicted octanol–water partition coefficient (Wildman–Crippen LogP) is 1.11. The van der Waals surface area contributed by atoms with E-state index in [4.69, 9.17) is 14.8 Å². The maximum Gasteiger partial charge on any atom is 0.348 e. The summed E-state index contributed by atoms with van der Waals surface area (Å²) >= 11 is 0. The van der Waals surface area contributed by atoms with Crippen molar-refractivity contribution in [3.8, 4) is 11.8 Å². The third-order valence-corrected chi connectivity index (χ3v) is 1.87. The minimum Gasteiger partial charge on any atom is -0.497 e. The Morgan fingerprint density at radius 2 is 2.17 bits per heavy atom. The number of methoxy groups -OCH3 is 1. The van der Waals surface area contributed by atoms with E-state index < -0.39 is 5.97 Å². The van der Waals surface area contributed by atoms with Gasteiger partial charge in [0.05, 0.1) is 13.3 Å². The Labute approximate surface area is 104 Å². The average molecular weight is 248 g/mol. The van der Waals surface area contributed by atoms with E-state index in [1.165, 1.54) is 6.21 Å². The molecule has 0 heterocycles. The first-order chi connectivity index (χ1) is 8.76. The lowest BCUT2D eigenvalue weighted by molar-refractivity contribution is -0.147. The van der Waals surface area contributed by atoms with Crippen molar-refractivity contribution < 1.29 is 19.1 Å². The number of hydrogen-bond donors (Lipinski definition) is 0. The maximum absolute atomic E-state index is 10.9. The summed E-state index contributed by atoms with van der Waals surface area (Å²) < 4.78 is 9.46. The first-order valence-corrected chi connectivity index (χ1v) is 5.08. The van der Waals surface area contributed by atoms with Crippen molar-refractivity contribution in [2.45, 2.75) is 0 Å². The molecule has 0 amide bonds. The van der Waals surface area contributed by atoms with Crippen molar-refractivity contribution in [3.63, 3.8) is 0 Å². The van der Waals surface area contributed by atoms with Gasteiger partial charge in [0, 0.05) is 0 Å². The van der Waals surface area contributed by atoms with Gasteiger partial charge in [-0.1, -0.05) is 5.16 Å². The minimum atomic E-state index is -0.636. The zero-order chi connectivity index (χ0) is 13.2. The van der Waals surface area contributed by atoms with E-state index in [1.54, 1.807) is 37.4 Å². The van der Waals surface area contributed by atoms with Crippen molar-refractivity contribution >= 4 is 12.2 Å². The van der Waals surface area contributed by atoms with Gasteiger partial charge in [-0.2, -0.15) is 5.26 Å². The number of nitrogens with zero attached hydrogens (tertiary/aromatic N) is 2. The quantitative estimate of drug-likeness (QED) is 0.428. The SMILES string of the molecule is COc1ccc(/C=N\OCC(=O)OCC#N)cc1. The van der Waals surface area contributed by atoms with E-state index in [9.17, 15) is 4.79 Å². The lowest BCUT2D eigenvalue weighted by Crippen LogP contribution is -2.10. The lowest BCUT2D eigenvalue weighted by Gasteiger charge is -1.99. The lowest BCUT2D eigenvalue weighted by atomic mass is 10.2. The third-order valence-electron chi connectivity index (χ3n) is 1.87. The average Bonchev–Trinajstić information content (AvgIpc) is 2.42. The van der Waals surface area contributed by atoms with E-state index >= 15 is 0 Å². The molecule has 1 rings (SSSR count). The molecular weight excluding hydrogens is 236 g/mol. The number of carbonyl (C=O) groups excluding carboxylic acids is 1. The Morgan fingerprint density at radius 3 is 2.78 bits per heavy atom. The number of ether oxygens (including phenoxy) is 2. The fourth-order valence-electron chi connectivity index (χ4n) is 1.03. The first kappa shape index (κ1) is 13.5. The second-order valence-electron chi connectivity index (χ2n) is 3.10. The zero-order valence-corrected chi connectivity index (χ0v) is 9.83. The molecule has 0 atom stereocenters. The second-order valence-corrected chi connectivity index (χ2v) is 3.10. The van der Waals surface area contributed by atoms with Crippen LogP contribution in [0.1, 0.15) is 5.56 Å². The van der Waals surface area contributed by atoms with Gasteiger partial charge >= 0.3 is 5.97 Å². The molecule has 94 valence electrons. The molecule has 0 aliphatic heterocycles. The molecule has 0 N–H and O–H groups in total. The number of nitriles is 1. The molecular formula is C12H12N2O4. The van der Waals surface area contributed by atoms with E-state index in [0.717, 1.165) is 11.3 Å². The van der Waals surface area contributed by atoms with Crippen LogP contribution in [0, 0.1) is 11.3 Å². The highest BCUT2D eigenvalue weighted by atomic mass is 16.6. The van der Waals surface area contributed by atoms with Gasteiger partial charge in [-0.15, -0.1) is 0 Å². The second kappa shape index (κ2) is 7.68. The number of oxime groups is 1. The van der Waals surface area contributed by atoms with Gasteiger partial charge in [0.1, 0.15) is 11.8 Å². The van der Waals surface area contributed by atoms with Crippen LogP contribution in [0.4, 0.5) is 0 Å². The molecule has 1 aromatic carbocycles. The normalized spacial score (nSPS) is 9.78. The topological polar surface area (TPSA) is 80.9 Å². The molecule has 0 aromatic heterocycles. The van der Waals surface area contributed by atoms with Gasteiger partial charge in [0.2, 0.25) is 6.61 Å². The van der Waals surface area contributed by atoms with Crippen molar-refractivity contribution in [1.29, 1.82) is 5.26 Å². The number of hydrogen-bond acceptors (Lipinski definition) is 6. The van der Waals surface area contributed by atoms with Crippen LogP contribution in [0.5, 0.6) is 5.75 Å². The minimum absolute atomic E-state index is 0.287. The summed E-state index contributed by atoms with van der Waals surface area (Å²) in [4.78, 5) is 15.6. The summed E-state index contributed by atoms with van der Waals surface area (Å²) in [5, 5.41) is 11.8. The monoisotopic (exact) mass is 248 g/mol. The fourth-order valence-corrected chi connectivity index (χ4v) is 1.03. The molecule has 0 spiro atoms. The van der Waals surface area contributed by atoms with Crippen LogP contribution in [-0.2, 0) is 14.4 Å². The number of esters is 1. The highest BCUT2D eigenvalue weighted by Crippen LogP contribution is 2.09. The Balaban J connectivity index is 2.32.